The van der Waals surface area contributed by atoms with Crippen LogP contribution in [0.25, 0.3) is 10.9 Å². The molecule has 0 atom stereocenters. The Morgan fingerprint density at radius 2 is 1.94 bits per heavy atom. The predicted octanol–water partition coefficient (Wildman–Crippen LogP) is 2.65. The smallest absolute Gasteiger partial charge is 0.286 e. The number of nitrogens with one attached hydrogen (secondary N) is 2. The van der Waals surface area contributed by atoms with Crippen molar-refractivity contribution in [1.29, 1.82) is 0 Å². The fourth-order valence-electron chi connectivity index (χ4n) is 4.36. The van der Waals surface area contributed by atoms with Crippen molar-refractivity contribution in [3.8, 4) is 0 Å². The zero-order valence-electron chi connectivity index (χ0n) is 18.6. The Labute approximate surface area is 196 Å². The Bertz CT molecular complexity index is 1500. The Kier molecular flexibility index (Phi) is 5.56. The molecule has 1 aromatic heterocycles. The van der Waals surface area contributed by atoms with Crippen molar-refractivity contribution in [3.63, 3.8) is 0 Å². The van der Waals surface area contributed by atoms with E-state index in [0.717, 1.165) is 19.3 Å². The highest BCUT2D eigenvalue weighted by molar-refractivity contribution is 7.90. The monoisotopic (exact) mass is 480 g/mol. The second-order valence-electron chi connectivity index (χ2n) is 8.21. The number of benzene rings is 2. The van der Waals surface area contributed by atoms with Crippen molar-refractivity contribution < 1.29 is 13.2 Å². The van der Waals surface area contributed by atoms with Gasteiger partial charge in [-0.05, 0) is 50.1 Å². The fraction of sp³-hybridized carbons (Fsp3) is 0.304. The van der Waals surface area contributed by atoms with Gasteiger partial charge in [0, 0.05) is 25.1 Å². The lowest BCUT2D eigenvalue weighted by molar-refractivity contribution is 0.0962. The molecule has 0 bridgehead atoms. The Morgan fingerprint density at radius 3 is 2.76 bits per heavy atom. The van der Waals surface area contributed by atoms with E-state index in [1.807, 2.05) is 4.90 Å². The predicted molar refractivity (Wildman–Crippen MR) is 130 cm³/mol. The molecule has 1 saturated heterocycles. The van der Waals surface area contributed by atoms with Crippen LogP contribution in [0.2, 0.25) is 0 Å². The van der Waals surface area contributed by atoms with E-state index in [0.29, 0.717) is 41.9 Å². The molecule has 3 aromatic rings. The van der Waals surface area contributed by atoms with Crippen molar-refractivity contribution in [3.05, 3.63) is 58.4 Å². The van der Waals surface area contributed by atoms with Crippen LogP contribution in [0.5, 0.6) is 0 Å². The number of amidine groups is 1. The normalized spacial score (nSPS) is 16.7. The first-order valence-corrected chi connectivity index (χ1v) is 12.6. The standard InChI is InChI=1S/C23H24N6O4S/c1-2-28-22(31)16-8-5-6-9-17(16)24-23(28)26-25-21(30)15-11-12-18-19(14-15)34(32,33)27-20-10-4-3-7-13-29(18)20/h5-6,8-9,11-12,14H,2-4,7,10,13H2,1H3,(H,24,26)(H,25,30). The van der Waals surface area contributed by atoms with Crippen molar-refractivity contribution in [2.24, 2.45) is 4.40 Å². The van der Waals surface area contributed by atoms with E-state index in [4.69, 9.17) is 0 Å². The van der Waals surface area contributed by atoms with Crippen LogP contribution in [-0.2, 0) is 16.6 Å². The molecule has 2 aromatic carbocycles. The van der Waals surface area contributed by atoms with E-state index >= 15 is 0 Å². The average Bonchev–Trinajstić information content (AvgIpc) is 3.07. The molecule has 34 heavy (non-hydrogen) atoms. The summed E-state index contributed by atoms with van der Waals surface area (Å²) in [6.45, 7) is 2.84. The molecule has 176 valence electrons. The third kappa shape index (κ3) is 3.81. The van der Waals surface area contributed by atoms with Crippen LogP contribution in [0.3, 0.4) is 0 Å². The van der Waals surface area contributed by atoms with Gasteiger partial charge in [0.25, 0.3) is 21.5 Å². The molecule has 2 aliphatic rings. The summed E-state index contributed by atoms with van der Waals surface area (Å²) < 4.78 is 31.1. The van der Waals surface area contributed by atoms with Gasteiger partial charge in [-0.15, -0.1) is 4.40 Å². The molecule has 1 amide bonds. The Hall–Kier alpha value is -3.73. The number of carbonyl (C=O) groups excluding carboxylic acids is 1. The number of carbonyl (C=O) groups is 1. The largest absolute Gasteiger partial charge is 0.328 e. The van der Waals surface area contributed by atoms with Crippen LogP contribution in [0.1, 0.15) is 43.0 Å². The summed E-state index contributed by atoms with van der Waals surface area (Å²) in [4.78, 5) is 32.0. The van der Waals surface area contributed by atoms with Crippen molar-refractivity contribution in [2.45, 2.75) is 44.0 Å². The first-order chi connectivity index (χ1) is 16.4. The lowest BCUT2D eigenvalue weighted by atomic mass is 10.1. The van der Waals surface area contributed by atoms with Crippen molar-refractivity contribution in [2.75, 3.05) is 16.9 Å². The molecule has 2 N–H and O–H groups in total. The molecule has 10 nitrogen and oxygen atoms in total. The topological polar surface area (TPSA) is 126 Å². The van der Waals surface area contributed by atoms with Gasteiger partial charge < -0.3 is 4.90 Å². The SMILES string of the molecule is CCn1c(NNC(=O)c2ccc3c(c2)S(=O)(=O)N=C2CCCCCN23)nc2ccccc2c1=O. The van der Waals surface area contributed by atoms with Crippen molar-refractivity contribution in [1.82, 2.24) is 15.0 Å². The molecule has 0 radical (unpaired) electrons. The first-order valence-electron chi connectivity index (χ1n) is 11.2. The average molecular weight is 481 g/mol. The molecule has 0 unspecified atom stereocenters. The second kappa shape index (κ2) is 8.56. The number of aromatic nitrogens is 2. The third-order valence-electron chi connectivity index (χ3n) is 6.08. The van der Waals surface area contributed by atoms with Crippen LogP contribution in [0, 0.1) is 0 Å². The second-order valence-corrected chi connectivity index (χ2v) is 9.78. The molecular weight excluding hydrogens is 456 g/mol. The van der Waals surface area contributed by atoms with Gasteiger partial charge >= 0.3 is 0 Å². The van der Waals surface area contributed by atoms with E-state index in [1.165, 1.54) is 10.6 Å². The summed E-state index contributed by atoms with van der Waals surface area (Å²) >= 11 is 0. The molecule has 0 spiro atoms. The number of nitrogens with zero attached hydrogens (tertiary/aromatic N) is 4. The molecule has 5 rings (SSSR count). The highest BCUT2D eigenvalue weighted by atomic mass is 32.2. The van der Waals surface area contributed by atoms with E-state index in [-0.39, 0.29) is 22.0 Å². The number of fused-ring (bicyclic) bond motifs is 4. The van der Waals surface area contributed by atoms with Gasteiger partial charge in [-0.3, -0.25) is 25.0 Å². The Balaban J connectivity index is 1.43. The number of rotatable bonds is 4. The molecule has 0 aliphatic carbocycles. The zero-order valence-corrected chi connectivity index (χ0v) is 19.4. The minimum atomic E-state index is -3.90. The highest BCUT2D eigenvalue weighted by Gasteiger charge is 2.32. The minimum Gasteiger partial charge on any atom is -0.328 e. The van der Waals surface area contributed by atoms with Gasteiger partial charge in [-0.2, -0.15) is 8.42 Å². The highest BCUT2D eigenvalue weighted by Crippen LogP contribution is 2.35. The first kappa shape index (κ1) is 22.1. The summed E-state index contributed by atoms with van der Waals surface area (Å²) in [7, 11) is -3.90. The van der Waals surface area contributed by atoms with Gasteiger partial charge in [-0.25, -0.2) is 4.98 Å². The number of hydrazine groups is 1. The lowest BCUT2D eigenvalue weighted by Crippen LogP contribution is -2.36. The number of hydrogen-bond donors (Lipinski definition) is 2. The van der Waals surface area contributed by atoms with Crippen LogP contribution in [0.15, 0.2) is 56.6 Å². The van der Waals surface area contributed by atoms with Crippen LogP contribution >= 0.6 is 0 Å². The molecule has 3 heterocycles. The molecule has 2 aliphatic heterocycles. The van der Waals surface area contributed by atoms with Gasteiger partial charge in [-0.1, -0.05) is 18.6 Å². The van der Waals surface area contributed by atoms with Crippen LogP contribution < -0.4 is 21.3 Å². The quantitative estimate of drug-likeness (QED) is 0.550. The van der Waals surface area contributed by atoms with Gasteiger partial charge in [0.2, 0.25) is 5.95 Å². The fourth-order valence-corrected chi connectivity index (χ4v) is 5.65. The number of amides is 1. The summed E-state index contributed by atoms with van der Waals surface area (Å²) in [5.41, 5.74) is 6.21. The molecule has 1 fully saturated rings. The Morgan fingerprint density at radius 1 is 1.12 bits per heavy atom. The van der Waals surface area contributed by atoms with Gasteiger partial charge in [0.1, 0.15) is 10.7 Å². The number of hydrogen-bond acceptors (Lipinski definition) is 7. The lowest BCUT2D eigenvalue weighted by Gasteiger charge is -2.29. The maximum absolute atomic E-state index is 12.9. The van der Waals surface area contributed by atoms with Crippen LogP contribution in [-0.4, -0.2) is 36.3 Å². The number of sulfonamides is 1. The summed E-state index contributed by atoms with van der Waals surface area (Å²) in [5, 5.41) is 0.481. The van der Waals surface area contributed by atoms with E-state index in [2.05, 4.69) is 20.2 Å². The zero-order chi connectivity index (χ0) is 23.9. The van der Waals surface area contributed by atoms with Crippen LogP contribution in [0.4, 0.5) is 11.6 Å². The maximum Gasteiger partial charge on any atom is 0.286 e. The minimum absolute atomic E-state index is 0.0140. The molecular formula is C23H24N6O4S. The summed E-state index contributed by atoms with van der Waals surface area (Å²) in [6.07, 6.45) is 3.48. The van der Waals surface area contributed by atoms with E-state index in [1.54, 1.807) is 43.3 Å². The summed E-state index contributed by atoms with van der Waals surface area (Å²) in [5.74, 6) is 0.182. The van der Waals surface area contributed by atoms with Gasteiger partial charge in [0.15, 0.2) is 0 Å². The number of anilines is 2. The van der Waals surface area contributed by atoms with Gasteiger partial charge in [0.05, 0.1) is 16.6 Å². The number of para-hydroxylation sites is 1. The van der Waals surface area contributed by atoms with E-state index in [9.17, 15) is 18.0 Å². The third-order valence-corrected chi connectivity index (χ3v) is 7.41. The van der Waals surface area contributed by atoms with Crippen molar-refractivity contribution >= 4 is 44.3 Å². The summed E-state index contributed by atoms with van der Waals surface area (Å²) in [6, 6.07) is 11.5. The molecule has 11 heteroatoms. The molecule has 0 saturated carbocycles. The maximum atomic E-state index is 12.9. The van der Waals surface area contributed by atoms with E-state index < -0.39 is 15.9 Å².